The number of fused-ring (bicyclic) bond motifs is 1. The number of ether oxygens (including phenoxy) is 2. The van der Waals surface area contributed by atoms with Crippen molar-refractivity contribution >= 4 is 34.7 Å². The molecule has 0 amide bonds. The molecule has 1 aliphatic rings. The van der Waals surface area contributed by atoms with Gasteiger partial charge in [0.15, 0.2) is 4.80 Å². The molecule has 4 aromatic rings. The second kappa shape index (κ2) is 9.85. The van der Waals surface area contributed by atoms with Gasteiger partial charge in [0.05, 0.1) is 22.4 Å². The van der Waals surface area contributed by atoms with E-state index >= 15 is 0 Å². The summed E-state index contributed by atoms with van der Waals surface area (Å²) < 4.78 is 13.4. The standard InChI is InChI=1S/C27H22N2O4S2/c1-3-32-26(31)23-17(2)28-27-29(24(23)21-13-8-14-34-21)25(30)22(35-27)16-18-9-7-12-20(15-18)33-19-10-5-4-6-11-19/h4-16,24H,3H2,1-2H3/b22-16-/t24-/m0/s1. The number of esters is 1. The summed E-state index contributed by atoms with van der Waals surface area (Å²) in [7, 11) is 0. The fourth-order valence-electron chi connectivity index (χ4n) is 3.95. The lowest BCUT2D eigenvalue weighted by Gasteiger charge is -2.23. The maximum atomic E-state index is 13.6. The van der Waals surface area contributed by atoms with Crippen LogP contribution in [0.25, 0.3) is 6.08 Å². The van der Waals surface area contributed by atoms with Crippen LogP contribution in [0.2, 0.25) is 0 Å². The third-order valence-corrected chi connectivity index (χ3v) is 7.37. The number of carbonyl (C=O) groups excluding carboxylic acids is 1. The summed E-state index contributed by atoms with van der Waals surface area (Å²) in [5.74, 6) is 0.962. The fraction of sp³-hybridized carbons (Fsp3) is 0.148. The van der Waals surface area contributed by atoms with Crippen molar-refractivity contribution in [1.29, 1.82) is 0 Å². The molecule has 0 saturated heterocycles. The van der Waals surface area contributed by atoms with Gasteiger partial charge < -0.3 is 9.47 Å². The Morgan fingerprint density at radius 1 is 1.09 bits per heavy atom. The first-order chi connectivity index (χ1) is 17.0. The maximum absolute atomic E-state index is 13.6. The molecule has 8 heteroatoms. The molecule has 5 rings (SSSR count). The third kappa shape index (κ3) is 4.62. The minimum absolute atomic E-state index is 0.198. The number of hydrogen-bond acceptors (Lipinski definition) is 7. The molecule has 35 heavy (non-hydrogen) atoms. The van der Waals surface area contributed by atoms with Crippen LogP contribution >= 0.6 is 22.7 Å². The Balaban J connectivity index is 1.59. The van der Waals surface area contributed by atoms with Crippen LogP contribution in [0.4, 0.5) is 0 Å². The lowest BCUT2D eigenvalue weighted by molar-refractivity contribution is -0.139. The molecule has 0 bridgehead atoms. The highest BCUT2D eigenvalue weighted by atomic mass is 32.1. The summed E-state index contributed by atoms with van der Waals surface area (Å²) in [6.07, 6.45) is 1.83. The Kier molecular flexibility index (Phi) is 6.48. The molecule has 176 valence electrons. The highest BCUT2D eigenvalue weighted by Crippen LogP contribution is 2.33. The van der Waals surface area contributed by atoms with Gasteiger partial charge in [-0.3, -0.25) is 9.36 Å². The molecular formula is C27H22N2O4S2. The van der Waals surface area contributed by atoms with Gasteiger partial charge in [-0.2, -0.15) is 0 Å². The number of nitrogens with zero attached hydrogens (tertiary/aromatic N) is 2. The minimum atomic E-state index is -0.569. The van der Waals surface area contributed by atoms with Crippen LogP contribution < -0.4 is 19.6 Å². The Morgan fingerprint density at radius 2 is 1.89 bits per heavy atom. The van der Waals surface area contributed by atoms with Crippen molar-refractivity contribution in [2.24, 2.45) is 4.99 Å². The Morgan fingerprint density at radius 3 is 2.63 bits per heavy atom. The van der Waals surface area contributed by atoms with Gasteiger partial charge in [-0.1, -0.05) is 47.7 Å². The molecule has 0 N–H and O–H groups in total. The van der Waals surface area contributed by atoms with E-state index in [2.05, 4.69) is 4.99 Å². The Bertz CT molecular complexity index is 1580. The number of para-hydroxylation sites is 1. The number of benzene rings is 2. The average Bonchev–Trinajstić information content (AvgIpc) is 3.48. The van der Waals surface area contributed by atoms with E-state index in [1.54, 1.807) is 18.4 Å². The van der Waals surface area contributed by atoms with E-state index in [9.17, 15) is 9.59 Å². The van der Waals surface area contributed by atoms with E-state index in [4.69, 9.17) is 9.47 Å². The van der Waals surface area contributed by atoms with Gasteiger partial charge in [0.2, 0.25) is 0 Å². The largest absolute Gasteiger partial charge is 0.463 e. The molecule has 0 radical (unpaired) electrons. The lowest BCUT2D eigenvalue weighted by Crippen LogP contribution is -2.39. The second-order valence-corrected chi connectivity index (χ2v) is 9.79. The highest BCUT2D eigenvalue weighted by Gasteiger charge is 2.33. The van der Waals surface area contributed by atoms with Crippen molar-refractivity contribution in [3.05, 3.63) is 114 Å². The van der Waals surface area contributed by atoms with Crippen molar-refractivity contribution < 1.29 is 14.3 Å². The molecule has 0 fully saturated rings. The van der Waals surface area contributed by atoms with Crippen LogP contribution in [-0.4, -0.2) is 17.1 Å². The van der Waals surface area contributed by atoms with Crippen molar-refractivity contribution in [2.75, 3.05) is 6.61 Å². The Labute approximate surface area is 209 Å². The highest BCUT2D eigenvalue weighted by molar-refractivity contribution is 7.10. The Hall–Kier alpha value is -3.75. The zero-order valence-electron chi connectivity index (χ0n) is 19.1. The van der Waals surface area contributed by atoms with Crippen LogP contribution in [0.1, 0.15) is 30.3 Å². The summed E-state index contributed by atoms with van der Waals surface area (Å²) in [4.78, 5) is 32.5. The zero-order chi connectivity index (χ0) is 24.4. The van der Waals surface area contributed by atoms with Crippen molar-refractivity contribution in [2.45, 2.75) is 19.9 Å². The smallest absolute Gasteiger partial charge is 0.338 e. The molecule has 6 nitrogen and oxygen atoms in total. The van der Waals surface area contributed by atoms with Crippen LogP contribution in [-0.2, 0) is 9.53 Å². The van der Waals surface area contributed by atoms with Crippen molar-refractivity contribution in [3.63, 3.8) is 0 Å². The van der Waals surface area contributed by atoms with E-state index in [-0.39, 0.29) is 12.2 Å². The molecular weight excluding hydrogens is 480 g/mol. The number of carbonyl (C=O) groups is 1. The number of aromatic nitrogens is 1. The zero-order valence-corrected chi connectivity index (χ0v) is 20.8. The monoisotopic (exact) mass is 502 g/mol. The van der Waals surface area contributed by atoms with E-state index in [0.29, 0.717) is 26.4 Å². The molecule has 2 aromatic carbocycles. The first kappa shape index (κ1) is 23.0. The molecule has 0 unspecified atom stereocenters. The summed E-state index contributed by atoms with van der Waals surface area (Å²) in [6, 6.07) is 20.4. The SMILES string of the molecule is CCOC(=O)C1=C(C)N=c2s/c(=C\c3cccc(Oc4ccccc4)c3)c(=O)n2[C@H]1c1cccs1. The first-order valence-corrected chi connectivity index (χ1v) is 12.8. The van der Waals surface area contributed by atoms with Gasteiger partial charge in [-0.15, -0.1) is 11.3 Å². The predicted molar refractivity (Wildman–Crippen MR) is 138 cm³/mol. The molecule has 1 atom stereocenters. The number of rotatable bonds is 6. The predicted octanol–water partition coefficient (Wildman–Crippen LogP) is 4.65. The van der Waals surface area contributed by atoms with E-state index < -0.39 is 12.0 Å². The number of allylic oxidation sites excluding steroid dienone is 1. The van der Waals surface area contributed by atoms with Crippen LogP contribution in [0.15, 0.2) is 93.2 Å². The molecule has 0 aliphatic carbocycles. The van der Waals surface area contributed by atoms with E-state index in [0.717, 1.165) is 16.2 Å². The number of thiazole rings is 1. The molecule has 1 aliphatic heterocycles. The summed E-state index contributed by atoms with van der Waals surface area (Å²) in [6.45, 7) is 3.80. The second-order valence-electron chi connectivity index (χ2n) is 7.81. The van der Waals surface area contributed by atoms with Crippen molar-refractivity contribution in [1.82, 2.24) is 4.57 Å². The minimum Gasteiger partial charge on any atom is -0.463 e. The van der Waals surface area contributed by atoms with Crippen LogP contribution in [0.5, 0.6) is 11.5 Å². The molecule has 0 saturated carbocycles. The van der Waals surface area contributed by atoms with Crippen LogP contribution in [0.3, 0.4) is 0 Å². The summed E-state index contributed by atoms with van der Waals surface area (Å²) >= 11 is 2.80. The quantitative estimate of drug-likeness (QED) is 0.360. The molecule has 0 spiro atoms. The third-order valence-electron chi connectivity index (χ3n) is 5.46. The molecule has 2 aromatic heterocycles. The van der Waals surface area contributed by atoms with E-state index in [1.165, 1.54) is 22.7 Å². The van der Waals surface area contributed by atoms with Gasteiger partial charge in [0, 0.05) is 4.88 Å². The lowest BCUT2D eigenvalue weighted by atomic mass is 10.0. The first-order valence-electron chi connectivity index (χ1n) is 11.1. The average molecular weight is 503 g/mol. The number of thiophene rings is 1. The van der Waals surface area contributed by atoms with Gasteiger partial charge in [-0.25, -0.2) is 9.79 Å². The normalized spacial score (nSPS) is 15.5. The summed E-state index contributed by atoms with van der Waals surface area (Å²) in [5.41, 5.74) is 1.59. The van der Waals surface area contributed by atoms with Crippen LogP contribution in [0, 0.1) is 0 Å². The van der Waals surface area contributed by atoms with E-state index in [1.807, 2.05) is 78.2 Å². The summed E-state index contributed by atoms with van der Waals surface area (Å²) in [5, 5.41) is 1.93. The van der Waals surface area contributed by atoms with Gasteiger partial charge in [0.25, 0.3) is 5.56 Å². The van der Waals surface area contributed by atoms with Gasteiger partial charge >= 0.3 is 5.97 Å². The topological polar surface area (TPSA) is 69.9 Å². The van der Waals surface area contributed by atoms with Gasteiger partial charge in [-0.05, 0) is 61.2 Å². The van der Waals surface area contributed by atoms with Gasteiger partial charge in [0.1, 0.15) is 17.5 Å². The number of hydrogen-bond donors (Lipinski definition) is 0. The van der Waals surface area contributed by atoms with Crippen molar-refractivity contribution in [3.8, 4) is 11.5 Å². The fourth-order valence-corrected chi connectivity index (χ4v) is 5.82. The maximum Gasteiger partial charge on any atom is 0.338 e. The molecule has 3 heterocycles.